The van der Waals surface area contributed by atoms with Gasteiger partial charge in [-0.1, -0.05) is 6.92 Å². The summed E-state index contributed by atoms with van der Waals surface area (Å²) in [6, 6.07) is 2.13. The van der Waals surface area contributed by atoms with Crippen LogP contribution < -0.4 is 0 Å². The van der Waals surface area contributed by atoms with Crippen LogP contribution in [0.25, 0.3) is 11.3 Å². The maximum absolute atomic E-state index is 4.24. The highest BCUT2D eigenvalue weighted by atomic mass is 15.1. The first-order valence-electron chi connectivity index (χ1n) is 6.33. The van der Waals surface area contributed by atoms with Crippen molar-refractivity contribution >= 4 is 0 Å². The van der Waals surface area contributed by atoms with E-state index in [1.54, 1.807) is 0 Å². The van der Waals surface area contributed by atoms with Crippen molar-refractivity contribution in [2.45, 2.75) is 26.8 Å². The van der Waals surface area contributed by atoms with Gasteiger partial charge in [-0.3, -0.25) is 10.1 Å². The van der Waals surface area contributed by atoms with Gasteiger partial charge in [-0.15, -0.1) is 0 Å². The lowest BCUT2D eigenvalue weighted by Gasteiger charge is -2.15. The summed E-state index contributed by atoms with van der Waals surface area (Å²) in [5.74, 6) is 0. The average Bonchev–Trinajstić information content (AvgIpc) is 2.77. The molecule has 0 saturated heterocycles. The zero-order chi connectivity index (χ0) is 13.0. The Morgan fingerprint density at radius 2 is 2.11 bits per heavy atom. The number of nitrogens with zero attached hydrogens (tertiary/aromatic N) is 3. The number of pyridine rings is 1. The highest BCUT2D eigenvalue weighted by Gasteiger charge is 2.10. The van der Waals surface area contributed by atoms with Gasteiger partial charge in [0.1, 0.15) is 0 Å². The molecule has 0 amide bonds. The van der Waals surface area contributed by atoms with Gasteiger partial charge in [0, 0.05) is 30.1 Å². The van der Waals surface area contributed by atoms with Crippen molar-refractivity contribution in [3.63, 3.8) is 0 Å². The van der Waals surface area contributed by atoms with Crippen molar-refractivity contribution in [2.24, 2.45) is 0 Å². The molecule has 0 radical (unpaired) electrons. The van der Waals surface area contributed by atoms with Gasteiger partial charge in [0.05, 0.1) is 11.9 Å². The normalized spacial score (nSPS) is 11.1. The molecule has 0 aliphatic heterocycles. The second kappa shape index (κ2) is 5.78. The number of rotatable bonds is 5. The van der Waals surface area contributed by atoms with Crippen molar-refractivity contribution in [3.05, 3.63) is 35.8 Å². The smallest absolute Gasteiger partial charge is 0.0710 e. The summed E-state index contributed by atoms with van der Waals surface area (Å²) in [4.78, 5) is 6.54. The fourth-order valence-corrected chi connectivity index (χ4v) is 2.12. The van der Waals surface area contributed by atoms with Crippen molar-refractivity contribution in [2.75, 3.05) is 13.6 Å². The third-order valence-corrected chi connectivity index (χ3v) is 2.93. The summed E-state index contributed by atoms with van der Waals surface area (Å²) in [5, 5.41) is 7.24. The van der Waals surface area contributed by atoms with E-state index in [1.807, 2.05) is 18.6 Å². The molecule has 0 bridgehead atoms. The molecular weight excluding hydrogens is 224 g/mol. The first-order valence-corrected chi connectivity index (χ1v) is 6.33. The summed E-state index contributed by atoms with van der Waals surface area (Å²) < 4.78 is 0. The van der Waals surface area contributed by atoms with Gasteiger partial charge < -0.3 is 4.90 Å². The lowest BCUT2D eigenvalue weighted by Crippen LogP contribution is -2.18. The van der Waals surface area contributed by atoms with Gasteiger partial charge in [0.2, 0.25) is 0 Å². The standard InChI is InChI=1S/C14H20N4/c1-4-5-18(3)10-13-9-16-17-14(13)12-6-11(2)7-15-8-12/h6-9H,4-5,10H2,1-3H3,(H,16,17). The Morgan fingerprint density at radius 1 is 1.28 bits per heavy atom. The Kier molecular flexibility index (Phi) is 4.10. The van der Waals surface area contributed by atoms with Crippen LogP contribution in [-0.2, 0) is 6.54 Å². The number of aryl methyl sites for hydroxylation is 1. The molecule has 4 heteroatoms. The van der Waals surface area contributed by atoms with Gasteiger partial charge in [0.25, 0.3) is 0 Å². The molecule has 2 aromatic rings. The molecule has 18 heavy (non-hydrogen) atoms. The highest BCUT2D eigenvalue weighted by molar-refractivity contribution is 5.62. The predicted octanol–water partition coefficient (Wildman–Crippen LogP) is 2.62. The Bertz CT molecular complexity index is 504. The van der Waals surface area contributed by atoms with E-state index in [9.17, 15) is 0 Å². The lowest BCUT2D eigenvalue weighted by atomic mass is 10.1. The maximum Gasteiger partial charge on any atom is 0.0710 e. The van der Waals surface area contributed by atoms with E-state index in [0.717, 1.165) is 36.3 Å². The Labute approximate surface area is 108 Å². The molecule has 0 aliphatic carbocycles. The zero-order valence-corrected chi connectivity index (χ0v) is 11.3. The molecule has 0 fully saturated rings. The second-order valence-electron chi connectivity index (χ2n) is 4.76. The summed E-state index contributed by atoms with van der Waals surface area (Å²) in [7, 11) is 2.13. The van der Waals surface area contributed by atoms with Crippen LogP contribution >= 0.6 is 0 Å². The summed E-state index contributed by atoms with van der Waals surface area (Å²) in [5.41, 5.74) is 4.56. The minimum Gasteiger partial charge on any atom is -0.302 e. The molecular formula is C14H20N4. The molecule has 96 valence electrons. The van der Waals surface area contributed by atoms with E-state index in [0.29, 0.717) is 0 Å². The SMILES string of the molecule is CCCN(C)Cc1cn[nH]c1-c1cncc(C)c1. The number of hydrogen-bond acceptors (Lipinski definition) is 3. The number of aromatic amines is 1. The van der Waals surface area contributed by atoms with Crippen LogP contribution in [0.3, 0.4) is 0 Å². The molecule has 0 saturated carbocycles. The zero-order valence-electron chi connectivity index (χ0n) is 11.3. The summed E-state index contributed by atoms with van der Waals surface area (Å²) in [6.07, 6.45) is 6.81. The van der Waals surface area contributed by atoms with E-state index in [2.05, 4.69) is 47.0 Å². The van der Waals surface area contributed by atoms with Crippen LogP contribution in [0.2, 0.25) is 0 Å². The van der Waals surface area contributed by atoms with Crippen LogP contribution in [0.4, 0.5) is 0 Å². The summed E-state index contributed by atoms with van der Waals surface area (Å²) in [6.45, 7) is 6.25. The van der Waals surface area contributed by atoms with Crippen LogP contribution in [0.5, 0.6) is 0 Å². The molecule has 0 aliphatic rings. The van der Waals surface area contributed by atoms with E-state index in [-0.39, 0.29) is 0 Å². The number of hydrogen-bond donors (Lipinski definition) is 1. The predicted molar refractivity (Wildman–Crippen MR) is 73.2 cm³/mol. The van der Waals surface area contributed by atoms with Gasteiger partial charge in [-0.25, -0.2) is 0 Å². The minimum atomic E-state index is 0.910. The first kappa shape index (κ1) is 12.8. The monoisotopic (exact) mass is 244 g/mol. The van der Waals surface area contributed by atoms with Gasteiger partial charge in [0.15, 0.2) is 0 Å². The van der Waals surface area contributed by atoms with Gasteiger partial charge in [-0.2, -0.15) is 5.10 Å². The number of H-pyrrole nitrogens is 1. The molecule has 0 unspecified atom stereocenters. The molecule has 0 atom stereocenters. The Morgan fingerprint density at radius 3 is 2.83 bits per heavy atom. The first-order chi connectivity index (χ1) is 8.70. The highest BCUT2D eigenvalue weighted by Crippen LogP contribution is 2.21. The Balaban J connectivity index is 2.22. The molecule has 0 spiro atoms. The number of aromatic nitrogens is 3. The average molecular weight is 244 g/mol. The fraction of sp³-hybridized carbons (Fsp3) is 0.429. The molecule has 2 heterocycles. The van der Waals surface area contributed by atoms with E-state index in [4.69, 9.17) is 0 Å². The van der Waals surface area contributed by atoms with Crippen molar-refractivity contribution in [3.8, 4) is 11.3 Å². The minimum absolute atomic E-state index is 0.910. The fourth-order valence-electron chi connectivity index (χ4n) is 2.12. The van der Waals surface area contributed by atoms with Crippen LogP contribution in [0, 0.1) is 6.92 Å². The maximum atomic E-state index is 4.24. The van der Waals surface area contributed by atoms with E-state index in [1.165, 1.54) is 5.56 Å². The van der Waals surface area contributed by atoms with Crippen molar-refractivity contribution in [1.29, 1.82) is 0 Å². The quantitative estimate of drug-likeness (QED) is 0.879. The molecule has 2 rings (SSSR count). The van der Waals surface area contributed by atoms with E-state index < -0.39 is 0 Å². The van der Waals surface area contributed by atoms with Crippen molar-refractivity contribution in [1.82, 2.24) is 20.1 Å². The molecule has 4 nitrogen and oxygen atoms in total. The van der Waals surface area contributed by atoms with Gasteiger partial charge >= 0.3 is 0 Å². The third kappa shape index (κ3) is 2.96. The third-order valence-electron chi connectivity index (χ3n) is 2.93. The topological polar surface area (TPSA) is 44.8 Å². The largest absolute Gasteiger partial charge is 0.302 e. The van der Waals surface area contributed by atoms with Crippen LogP contribution in [-0.4, -0.2) is 33.7 Å². The van der Waals surface area contributed by atoms with Crippen molar-refractivity contribution < 1.29 is 0 Å². The van der Waals surface area contributed by atoms with E-state index >= 15 is 0 Å². The van der Waals surface area contributed by atoms with Crippen LogP contribution in [0.1, 0.15) is 24.5 Å². The summed E-state index contributed by atoms with van der Waals surface area (Å²) >= 11 is 0. The second-order valence-corrected chi connectivity index (χ2v) is 4.76. The van der Waals surface area contributed by atoms with Crippen LogP contribution in [0.15, 0.2) is 24.7 Å². The van der Waals surface area contributed by atoms with Gasteiger partial charge in [-0.05, 0) is 38.6 Å². The molecule has 2 aromatic heterocycles. The number of nitrogens with one attached hydrogen (secondary N) is 1. The lowest BCUT2D eigenvalue weighted by molar-refractivity contribution is 0.328. The Hall–Kier alpha value is -1.68. The molecule has 0 aromatic carbocycles. The molecule has 1 N–H and O–H groups in total.